The van der Waals surface area contributed by atoms with Crippen molar-refractivity contribution in [2.24, 2.45) is 5.11 Å². The lowest BCUT2D eigenvalue weighted by atomic mass is 10.3. The van der Waals surface area contributed by atoms with Gasteiger partial charge in [0.05, 0.1) is 0 Å². The first-order chi connectivity index (χ1) is 8.60. The van der Waals surface area contributed by atoms with Crippen LogP contribution in [0.4, 0.5) is 0 Å². The minimum Gasteiger partial charge on any atom is -0.210 e. The number of sulfonamides is 1. The molecule has 1 aromatic rings. The maximum Gasteiger partial charge on any atom is 0.250 e. The molecule has 1 heterocycles. The number of nitrogens with one attached hydrogen (secondary N) is 1. The van der Waals surface area contributed by atoms with E-state index in [1.165, 1.54) is 12.1 Å². The van der Waals surface area contributed by atoms with Gasteiger partial charge in [-0.3, -0.25) is 0 Å². The normalized spacial score (nSPS) is 10.6. The van der Waals surface area contributed by atoms with E-state index in [2.05, 4.69) is 14.7 Å². The molecule has 0 aliphatic rings. The third-order valence-electron chi connectivity index (χ3n) is 2.00. The molecule has 0 spiro atoms. The SMILES string of the molecule is N#Cc1ccc(S(=O)(=O)NCCCCN=[N+]=[N-])s1. The second kappa shape index (κ2) is 6.98. The Hall–Kier alpha value is -1.59. The number of thiophene rings is 1. The van der Waals surface area contributed by atoms with Crippen molar-refractivity contribution in [1.29, 1.82) is 5.26 Å². The van der Waals surface area contributed by atoms with Gasteiger partial charge in [-0.15, -0.1) is 11.3 Å². The molecule has 96 valence electrons. The molecule has 0 saturated carbocycles. The lowest BCUT2D eigenvalue weighted by Crippen LogP contribution is -2.24. The predicted molar refractivity (Wildman–Crippen MR) is 67.5 cm³/mol. The second-order valence-corrected chi connectivity index (χ2v) is 6.37. The zero-order chi connectivity index (χ0) is 13.4. The van der Waals surface area contributed by atoms with Gasteiger partial charge >= 0.3 is 0 Å². The van der Waals surface area contributed by atoms with E-state index >= 15 is 0 Å². The molecule has 18 heavy (non-hydrogen) atoms. The fraction of sp³-hybridized carbons (Fsp3) is 0.444. The zero-order valence-electron chi connectivity index (χ0n) is 9.40. The first-order valence-corrected chi connectivity index (χ1v) is 7.40. The third kappa shape index (κ3) is 4.35. The van der Waals surface area contributed by atoms with E-state index in [9.17, 15) is 8.42 Å². The van der Waals surface area contributed by atoms with Gasteiger partial charge in [0.1, 0.15) is 15.2 Å². The number of rotatable bonds is 7. The average Bonchev–Trinajstić information content (AvgIpc) is 2.83. The van der Waals surface area contributed by atoms with E-state index < -0.39 is 10.0 Å². The highest BCUT2D eigenvalue weighted by atomic mass is 32.2. The summed E-state index contributed by atoms with van der Waals surface area (Å²) < 4.78 is 26.1. The van der Waals surface area contributed by atoms with Crippen LogP contribution in [0.5, 0.6) is 0 Å². The van der Waals surface area contributed by atoms with E-state index in [1.54, 1.807) is 0 Å². The Morgan fingerprint density at radius 2 is 2.28 bits per heavy atom. The molecular weight excluding hydrogens is 274 g/mol. The smallest absolute Gasteiger partial charge is 0.210 e. The minimum absolute atomic E-state index is 0.133. The van der Waals surface area contributed by atoms with Crippen LogP contribution in [0.1, 0.15) is 17.7 Å². The Balaban J connectivity index is 2.45. The Kier molecular flexibility index (Phi) is 5.61. The molecule has 0 saturated heterocycles. The van der Waals surface area contributed by atoms with Crippen LogP contribution in [0.2, 0.25) is 0 Å². The van der Waals surface area contributed by atoms with E-state index in [0.29, 0.717) is 24.3 Å². The van der Waals surface area contributed by atoms with Crippen molar-refractivity contribution in [3.8, 4) is 6.07 Å². The van der Waals surface area contributed by atoms with Crippen molar-refractivity contribution in [2.75, 3.05) is 13.1 Å². The molecule has 1 N–H and O–H groups in total. The summed E-state index contributed by atoms with van der Waals surface area (Å²) in [6.45, 7) is 0.638. The van der Waals surface area contributed by atoms with Gasteiger partial charge < -0.3 is 0 Å². The third-order valence-corrected chi connectivity index (χ3v) is 4.94. The van der Waals surface area contributed by atoms with Gasteiger partial charge in [-0.2, -0.15) is 5.26 Å². The highest BCUT2D eigenvalue weighted by Crippen LogP contribution is 2.20. The van der Waals surface area contributed by atoms with Gasteiger partial charge in [-0.25, -0.2) is 13.1 Å². The quantitative estimate of drug-likeness (QED) is 0.357. The zero-order valence-corrected chi connectivity index (χ0v) is 11.0. The average molecular weight is 285 g/mol. The fourth-order valence-corrected chi connectivity index (χ4v) is 3.38. The van der Waals surface area contributed by atoms with Gasteiger partial charge in [-0.1, -0.05) is 5.11 Å². The maximum atomic E-state index is 11.8. The van der Waals surface area contributed by atoms with Gasteiger partial charge in [0.15, 0.2) is 0 Å². The lowest BCUT2D eigenvalue weighted by Gasteiger charge is -2.03. The minimum atomic E-state index is -3.53. The van der Waals surface area contributed by atoms with Crippen molar-refractivity contribution >= 4 is 21.4 Å². The summed E-state index contributed by atoms with van der Waals surface area (Å²) >= 11 is 0.934. The molecule has 0 amide bonds. The molecule has 0 unspecified atom stereocenters. The topological polar surface area (TPSA) is 119 Å². The molecule has 0 aliphatic carbocycles. The van der Waals surface area contributed by atoms with Crippen LogP contribution in [-0.4, -0.2) is 21.5 Å². The largest absolute Gasteiger partial charge is 0.250 e. The Labute approximate surface area is 109 Å². The number of unbranched alkanes of at least 4 members (excludes halogenated alkanes) is 1. The number of hydrogen-bond donors (Lipinski definition) is 1. The lowest BCUT2D eigenvalue weighted by molar-refractivity contribution is 0.579. The van der Waals surface area contributed by atoms with Crippen molar-refractivity contribution in [3.63, 3.8) is 0 Å². The second-order valence-electron chi connectivity index (χ2n) is 3.29. The van der Waals surface area contributed by atoms with Crippen LogP contribution < -0.4 is 4.72 Å². The Bertz CT molecular complexity index is 580. The maximum absolute atomic E-state index is 11.8. The van der Waals surface area contributed by atoms with Crippen LogP contribution in [-0.2, 0) is 10.0 Å². The highest BCUT2D eigenvalue weighted by Gasteiger charge is 2.15. The van der Waals surface area contributed by atoms with Crippen molar-refractivity contribution in [2.45, 2.75) is 17.1 Å². The number of nitrogens with zero attached hydrogens (tertiary/aromatic N) is 4. The predicted octanol–water partition coefficient (Wildman–Crippen LogP) is 1.99. The molecular formula is C9H11N5O2S2. The molecule has 9 heteroatoms. The van der Waals surface area contributed by atoms with Gasteiger partial charge in [0.25, 0.3) is 0 Å². The van der Waals surface area contributed by atoms with Crippen LogP contribution in [0.3, 0.4) is 0 Å². The molecule has 0 radical (unpaired) electrons. The standard InChI is InChI=1S/C9H11N5O2S2/c10-7-8-3-4-9(17-8)18(15,16)13-6-2-1-5-12-14-11/h3-4,13H,1-2,5-6H2. The summed E-state index contributed by atoms with van der Waals surface area (Å²) in [5, 5.41) is 12.0. The molecule has 0 aromatic carbocycles. The van der Waals surface area contributed by atoms with Crippen LogP contribution in [0.25, 0.3) is 10.4 Å². The number of nitriles is 1. The summed E-state index contributed by atoms with van der Waals surface area (Å²) in [5.41, 5.74) is 8.05. The molecule has 0 bridgehead atoms. The van der Waals surface area contributed by atoms with Crippen LogP contribution >= 0.6 is 11.3 Å². The first kappa shape index (κ1) is 14.5. The van der Waals surface area contributed by atoms with Crippen LogP contribution in [0.15, 0.2) is 21.5 Å². The molecule has 1 aromatic heterocycles. The monoisotopic (exact) mass is 285 g/mol. The first-order valence-electron chi connectivity index (χ1n) is 5.10. The molecule has 0 fully saturated rings. The summed E-state index contributed by atoms with van der Waals surface area (Å²) in [6, 6.07) is 4.77. The molecule has 0 aliphatic heterocycles. The summed E-state index contributed by atoms with van der Waals surface area (Å²) in [7, 11) is -3.53. The van der Waals surface area contributed by atoms with Gasteiger partial charge in [0.2, 0.25) is 10.0 Å². The molecule has 7 nitrogen and oxygen atoms in total. The van der Waals surface area contributed by atoms with Crippen molar-refractivity contribution < 1.29 is 8.42 Å². The van der Waals surface area contributed by atoms with E-state index in [4.69, 9.17) is 10.8 Å². The number of hydrogen-bond acceptors (Lipinski definition) is 5. The fourth-order valence-electron chi connectivity index (χ4n) is 1.15. The summed E-state index contributed by atoms with van der Waals surface area (Å²) in [4.78, 5) is 2.96. The van der Waals surface area contributed by atoms with Gasteiger partial charge in [0, 0.05) is 18.0 Å². The highest BCUT2D eigenvalue weighted by molar-refractivity contribution is 7.91. The van der Waals surface area contributed by atoms with Crippen molar-refractivity contribution in [1.82, 2.24) is 4.72 Å². The molecule has 0 atom stereocenters. The summed E-state index contributed by atoms with van der Waals surface area (Å²) in [5.74, 6) is 0. The van der Waals surface area contributed by atoms with Gasteiger partial charge in [-0.05, 0) is 30.5 Å². The molecule has 1 rings (SSSR count). The van der Waals surface area contributed by atoms with E-state index in [0.717, 1.165) is 11.3 Å². The van der Waals surface area contributed by atoms with E-state index in [1.807, 2.05) is 6.07 Å². The Morgan fingerprint density at radius 1 is 1.50 bits per heavy atom. The van der Waals surface area contributed by atoms with E-state index in [-0.39, 0.29) is 10.8 Å². The Morgan fingerprint density at radius 3 is 2.89 bits per heavy atom. The van der Waals surface area contributed by atoms with Crippen LogP contribution in [0, 0.1) is 11.3 Å². The summed E-state index contributed by atoms with van der Waals surface area (Å²) in [6.07, 6.45) is 1.22. The van der Waals surface area contributed by atoms with Crippen molar-refractivity contribution in [3.05, 3.63) is 27.5 Å². The number of azide groups is 1.